The number of morpholine rings is 1. The molecular formula is C22H28F2N4O2. The van der Waals surface area contributed by atoms with E-state index in [1.54, 1.807) is 25.2 Å². The number of nitrogens with zero attached hydrogens (tertiary/aromatic N) is 2. The molecule has 8 heteroatoms. The average Bonchev–Trinajstić information content (AvgIpc) is 2.74. The van der Waals surface area contributed by atoms with Crippen LogP contribution in [0.15, 0.2) is 47.5 Å². The number of aliphatic imine (C=N–C) groups is 1. The van der Waals surface area contributed by atoms with Crippen LogP contribution >= 0.6 is 0 Å². The largest absolute Gasteiger partial charge is 0.489 e. The SMILES string of the molecule is CN=C(NCc1ccc(N2CCOCC2)c(F)c1)NCC(C)Oc1cccc(F)c1. The molecule has 30 heavy (non-hydrogen) atoms. The maximum atomic E-state index is 14.5. The summed E-state index contributed by atoms with van der Waals surface area (Å²) in [5.74, 6) is 0.471. The van der Waals surface area contributed by atoms with Crippen LogP contribution in [-0.2, 0) is 11.3 Å². The summed E-state index contributed by atoms with van der Waals surface area (Å²) in [7, 11) is 1.66. The van der Waals surface area contributed by atoms with Crippen LogP contribution in [-0.4, -0.2) is 52.0 Å². The van der Waals surface area contributed by atoms with E-state index in [1.807, 2.05) is 24.0 Å². The Kier molecular flexibility index (Phi) is 7.84. The predicted molar refractivity (Wildman–Crippen MR) is 114 cm³/mol. The third-order valence-electron chi connectivity index (χ3n) is 4.74. The summed E-state index contributed by atoms with van der Waals surface area (Å²) < 4.78 is 38.8. The number of nitrogens with one attached hydrogen (secondary N) is 2. The fourth-order valence-corrected chi connectivity index (χ4v) is 3.18. The molecule has 0 aliphatic carbocycles. The number of guanidine groups is 1. The molecule has 1 unspecified atom stereocenters. The molecule has 1 atom stereocenters. The molecule has 0 radical (unpaired) electrons. The zero-order chi connectivity index (χ0) is 21.3. The minimum Gasteiger partial charge on any atom is -0.489 e. The zero-order valence-corrected chi connectivity index (χ0v) is 17.3. The highest BCUT2D eigenvalue weighted by Crippen LogP contribution is 2.21. The highest BCUT2D eigenvalue weighted by atomic mass is 19.1. The van der Waals surface area contributed by atoms with Gasteiger partial charge in [0.2, 0.25) is 0 Å². The van der Waals surface area contributed by atoms with E-state index in [0.717, 1.165) is 5.56 Å². The van der Waals surface area contributed by atoms with Crippen molar-refractivity contribution in [3.05, 3.63) is 59.7 Å². The Morgan fingerprint density at radius 1 is 1.17 bits per heavy atom. The topological polar surface area (TPSA) is 58.1 Å². The molecule has 2 N–H and O–H groups in total. The third kappa shape index (κ3) is 6.32. The average molecular weight is 418 g/mol. The Hall–Kier alpha value is -2.87. The van der Waals surface area contributed by atoms with Gasteiger partial charge in [-0.2, -0.15) is 0 Å². The molecular weight excluding hydrogens is 390 g/mol. The minimum absolute atomic E-state index is 0.199. The molecule has 1 fully saturated rings. The van der Waals surface area contributed by atoms with E-state index in [-0.39, 0.29) is 17.7 Å². The first-order chi connectivity index (χ1) is 14.5. The van der Waals surface area contributed by atoms with Gasteiger partial charge in [-0.15, -0.1) is 0 Å². The van der Waals surface area contributed by atoms with Gasteiger partial charge in [-0.05, 0) is 36.8 Å². The van der Waals surface area contributed by atoms with Crippen molar-refractivity contribution >= 4 is 11.6 Å². The first-order valence-corrected chi connectivity index (χ1v) is 10.0. The van der Waals surface area contributed by atoms with Crippen molar-refractivity contribution in [3.8, 4) is 5.75 Å². The van der Waals surface area contributed by atoms with Crippen LogP contribution in [0, 0.1) is 11.6 Å². The highest BCUT2D eigenvalue weighted by Gasteiger charge is 2.15. The molecule has 0 bridgehead atoms. The number of ether oxygens (including phenoxy) is 2. The Labute approximate surface area is 175 Å². The molecule has 0 aromatic heterocycles. The molecule has 0 spiro atoms. The van der Waals surface area contributed by atoms with E-state index in [2.05, 4.69) is 15.6 Å². The third-order valence-corrected chi connectivity index (χ3v) is 4.74. The molecule has 2 aromatic carbocycles. The van der Waals surface area contributed by atoms with Crippen LogP contribution in [0.4, 0.5) is 14.5 Å². The molecule has 1 heterocycles. The first kappa shape index (κ1) is 21.8. The van der Waals surface area contributed by atoms with E-state index in [0.29, 0.717) is 56.8 Å². The van der Waals surface area contributed by atoms with Gasteiger partial charge in [0.15, 0.2) is 5.96 Å². The lowest BCUT2D eigenvalue weighted by molar-refractivity contribution is 0.122. The van der Waals surface area contributed by atoms with E-state index >= 15 is 0 Å². The van der Waals surface area contributed by atoms with Crippen molar-refractivity contribution in [1.82, 2.24) is 10.6 Å². The lowest BCUT2D eigenvalue weighted by atomic mass is 10.1. The summed E-state index contributed by atoms with van der Waals surface area (Å²) in [6.07, 6.45) is -0.199. The van der Waals surface area contributed by atoms with Crippen LogP contribution in [0.1, 0.15) is 12.5 Å². The number of hydrogen-bond donors (Lipinski definition) is 2. The van der Waals surface area contributed by atoms with Gasteiger partial charge in [-0.1, -0.05) is 12.1 Å². The summed E-state index contributed by atoms with van der Waals surface area (Å²) in [6, 6.07) is 11.3. The number of benzene rings is 2. The summed E-state index contributed by atoms with van der Waals surface area (Å²) in [4.78, 5) is 6.17. The molecule has 3 rings (SSSR count). The first-order valence-electron chi connectivity index (χ1n) is 10.0. The molecule has 0 saturated carbocycles. The fourth-order valence-electron chi connectivity index (χ4n) is 3.18. The highest BCUT2D eigenvalue weighted by molar-refractivity contribution is 5.79. The van der Waals surface area contributed by atoms with Crippen LogP contribution in [0.25, 0.3) is 0 Å². The van der Waals surface area contributed by atoms with Gasteiger partial charge in [-0.3, -0.25) is 4.99 Å². The molecule has 2 aromatic rings. The number of hydrogen-bond acceptors (Lipinski definition) is 4. The van der Waals surface area contributed by atoms with Crippen molar-refractivity contribution in [3.63, 3.8) is 0 Å². The van der Waals surface area contributed by atoms with E-state index < -0.39 is 0 Å². The molecule has 162 valence electrons. The molecule has 1 saturated heterocycles. The monoisotopic (exact) mass is 418 g/mol. The second kappa shape index (κ2) is 10.8. The van der Waals surface area contributed by atoms with Crippen molar-refractivity contribution in [2.24, 2.45) is 4.99 Å². The summed E-state index contributed by atoms with van der Waals surface area (Å²) in [5.41, 5.74) is 1.42. The summed E-state index contributed by atoms with van der Waals surface area (Å²) >= 11 is 0. The van der Waals surface area contributed by atoms with E-state index in [9.17, 15) is 8.78 Å². The van der Waals surface area contributed by atoms with Gasteiger partial charge in [0.1, 0.15) is 23.5 Å². The lowest BCUT2D eigenvalue weighted by Crippen LogP contribution is -2.41. The van der Waals surface area contributed by atoms with Crippen molar-refractivity contribution < 1.29 is 18.3 Å². The lowest BCUT2D eigenvalue weighted by Gasteiger charge is -2.29. The normalized spacial score (nSPS) is 15.6. The Morgan fingerprint density at radius 2 is 1.97 bits per heavy atom. The smallest absolute Gasteiger partial charge is 0.191 e. The predicted octanol–water partition coefficient (Wildman–Crippen LogP) is 2.93. The fraction of sp³-hybridized carbons (Fsp3) is 0.409. The number of halogens is 2. The van der Waals surface area contributed by atoms with Gasteiger partial charge >= 0.3 is 0 Å². The van der Waals surface area contributed by atoms with Gasteiger partial charge in [0.25, 0.3) is 0 Å². The quantitative estimate of drug-likeness (QED) is 0.535. The standard InChI is InChI=1S/C22H28F2N4O2/c1-16(30-19-5-3-4-18(23)13-19)14-26-22(25-2)27-15-17-6-7-21(20(24)12-17)28-8-10-29-11-9-28/h3-7,12-13,16H,8-11,14-15H2,1-2H3,(H2,25,26,27). The minimum atomic E-state index is -0.336. The summed E-state index contributed by atoms with van der Waals surface area (Å²) in [5, 5.41) is 6.32. The zero-order valence-electron chi connectivity index (χ0n) is 17.3. The Bertz CT molecular complexity index is 857. The molecule has 1 aliphatic rings. The van der Waals surface area contributed by atoms with Gasteiger partial charge in [-0.25, -0.2) is 8.78 Å². The Morgan fingerprint density at radius 3 is 2.67 bits per heavy atom. The van der Waals surface area contributed by atoms with Gasteiger partial charge in [0.05, 0.1) is 25.4 Å². The van der Waals surface area contributed by atoms with Crippen LogP contribution in [0.2, 0.25) is 0 Å². The van der Waals surface area contributed by atoms with E-state index in [4.69, 9.17) is 9.47 Å². The molecule has 0 amide bonds. The maximum absolute atomic E-state index is 14.5. The number of anilines is 1. The number of rotatable bonds is 7. The Balaban J connectivity index is 1.47. The maximum Gasteiger partial charge on any atom is 0.191 e. The second-order valence-corrected chi connectivity index (χ2v) is 7.08. The van der Waals surface area contributed by atoms with E-state index in [1.165, 1.54) is 12.1 Å². The van der Waals surface area contributed by atoms with Crippen LogP contribution < -0.4 is 20.3 Å². The molecule has 1 aliphatic heterocycles. The van der Waals surface area contributed by atoms with Gasteiger partial charge < -0.3 is 25.0 Å². The van der Waals surface area contributed by atoms with Crippen molar-refractivity contribution in [2.45, 2.75) is 19.6 Å². The molecule has 6 nitrogen and oxygen atoms in total. The van der Waals surface area contributed by atoms with Crippen LogP contribution in [0.5, 0.6) is 5.75 Å². The summed E-state index contributed by atoms with van der Waals surface area (Å²) in [6.45, 7) is 5.41. The van der Waals surface area contributed by atoms with Crippen molar-refractivity contribution in [2.75, 3.05) is 44.8 Å². The second-order valence-electron chi connectivity index (χ2n) is 7.08. The van der Waals surface area contributed by atoms with Crippen LogP contribution in [0.3, 0.4) is 0 Å². The van der Waals surface area contributed by atoms with Crippen molar-refractivity contribution in [1.29, 1.82) is 0 Å². The van der Waals surface area contributed by atoms with Gasteiger partial charge in [0, 0.05) is 32.7 Å².